The molecule has 5 rings (SSSR count). The lowest BCUT2D eigenvalue weighted by molar-refractivity contribution is -0.154. The van der Waals surface area contributed by atoms with Crippen molar-refractivity contribution in [2.45, 2.75) is 31.3 Å². The van der Waals surface area contributed by atoms with Gasteiger partial charge in [0.15, 0.2) is 0 Å². The van der Waals surface area contributed by atoms with Gasteiger partial charge in [-0.25, -0.2) is 0 Å². The second kappa shape index (κ2) is 5.37. The zero-order chi connectivity index (χ0) is 17.1. The molecule has 2 aromatic carbocycles. The number of esters is 1. The number of rotatable bonds is 1. The molecule has 0 aromatic heterocycles. The molecule has 2 aromatic rings. The largest absolute Gasteiger partial charge is 0.454 e. The Morgan fingerprint density at radius 2 is 1.42 bits per heavy atom. The van der Waals surface area contributed by atoms with E-state index >= 15 is 0 Å². The van der Waals surface area contributed by atoms with Crippen molar-refractivity contribution in [3.63, 3.8) is 0 Å². The minimum absolute atomic E-state index is 0.100. The first kappa shape index (κ1) is 15.7. The molecule has 24 heavy (non-hydrogen) atoms. The molecule has 0 unspecified atom stereocenters. The monoisotopic (exact) mass is 358 g/mol. The van der Waals surface area contributed by atoms with Gasteiger partial charge in [0.05, 0.1) is 5.92 Å². The minimum Gasteiger partial charge on any atom is -0.454 e. The maximum Gasteiger partial charge on any atom is 0.303 e. The van der Waals surface area contributed by atoms with Gasteiger partial charge in [0.25, 0.3) is 0 Å². The summed E-state index contributed by atoms with van der Waals surface area (Å²) in [6, 6.07) is 16.5. The molecule has 3 aliphatic rings. The van der Waals surface area contributed by atoms with Gasteiger partial charge in [0, 0.05) is 18.4 Å². The lowest BCUT2D eigenvalue weighted by Crippen LogP contribution is -2.49. The van der Waals surface area contributed by atoms with Crippen LogP contribution in [0.5, 0.6) is 0 Å². The second-order valence-electron chi connectivity index (χ2n) is 6.50. The third-order valence-electron chi connectivity index (χ3n) is 5.17. The van der Waals surface area contributed by atoms with Gasteiger partial charge in [-0.3, -0.25) is 4.79 Å². The summed E-state index contributed by atoms with van der Waals surface area (Å²) in [5.41, 5.74) is 4.58. The van der Waals surface area contributed by atoms with E-state index in [9.17, 15) is 4.79 Å². The third-order valence-corrected chi connectivity index (χ3v) is 5.58. The van der Waals surface area contributed by atoms with Gasteiger partial charge < -0.3 is 4.74 Å². The van der Waals surface area contributed by atoms with Gasteiger partial charge in [-0.2, -0.15) is 0 Å². The van der Waals surface area contributed by atoms with Gasteiger partial charge in [-0.15, -0.1) is 0 Å². The number of carbonyl (C=O) groups excluding carboxylic acids is 1. The Hall–Kier alpha value is -1.77. The third kappa shape index (κ3) is 2.00. The molecule has 3 aliphatic carbocycles. The van der Waals surface area contributed by atoms with Gasteiger partial charge in [-0.1, -0.05) is 71.7 Å². The molecule has 0 spiro atoms. The summed E-state index contributed by atoms with van der Waals surface area (Å²) in [4.78, 5) is 11.9. The maximum absolute atomic E-state index is 11.9. The highest BCUT2D eigenvalue weighted by Gasteiger charge is 2.56. The maximum atomic E-state index is 11.9. The SMILES string of the molecule is CC(=O)O[C@@]1(C)C(=C(Cl)Cl)C2c3ccccc3C1c1ccccc12. The van der Waals surface area contributed by atoms with Crippen molar-refractivity contribution in [2.75, 3.05) is 0 Å². The summed E-state index contributed by atoms with van der Waals surface area (Å²) in [6.07, 6.45) is 0. The Balaban J connectivity index is 2.10. The average molecular weight is 359 g/mol. The molecule has 0 saturated heterocycles. The zero-order valence-electron chi connectivity index (χ0n) is 13.3. The first-order valence-electron chi connectivity index (χ1n) is 7.88. The normalized spacial score (nSPS) is 26.6. The Morgan fingerprint density at radius 3 is 1.83 bits per heavy atom. The standard InChI is InChI=1S/C20H16Cl2O2/c1-11(23)24-20(2)17-14-9-5-3-7-12(14)16(18(20)19(21)22)13-8-4-6-10-15(13)17/h3-10,16-17H,1-2H3/t16?,17?,20-/m1/s1. The van der Waals surface area contributed by atoms with E-state index < -0.39 is 5.60 Å². The molecule has 2 bridgehead atoms. The van der Waals surface area contributed by atoms with Gasteiger partial charge in [-0.05, 0) is 29.2 Å². The second-order valence-corrected chi connectivity index (χ2v) is 7.45. The summed E-state index contributed by atoms with van der Waals surface area (Å²) in [5.74, 6) is -0.565. The van der Waals surface area contributed by atoms with Crippen molar-refractivity contribution in [1.29, 1.82) is 0 Å². The summed E-state index contributed by atoms with van der Waals surface area (Å²) in [6.45, 7) is 3.34. The van der Waals surface area contributed by atoms with Crippen LogP contribution in [0.3, 0.4) is 0 Å². The molecule has 0 amide bonds. The van der Waals surface area contributed by atoms with Crippen molar-refractivity contribution in [2.24, 2.45) is 0 Å². The predicted molar refractivity (Wildman–Crippen MR) is 95.5 cm³/mol. The number of hydrogen-bond acceptors (Lipinski definition) is 2. The number of halogens is 2. The molecule has 1 atom stereocenters. The van der Waals surface area contributed by atoms with Crippen molar-refractivity contribution in [3.05, 3.63) is 80.8 Å². The van der Waals surface area contributed by atoms with Crippen LogP contribution in [-0.4, -0.2) is 11.6 Å². The molecular weight excluding hydrogens is 343 g/mol. The topological polar surface area (TPSA) is 26.3 Å². The molecule has 0 saturated carbocycles. The van der Waals surface area contributed by atoms with Crippen LogP contribution in [0.2, 0.25) is 0 Å². The van der Waals surface area contributed by atoms with E-state index in [-0.39, 0.29) is 22.3 Å². The van der Waals surface area contributed by atoms with Crippen LogP contribution < -0.4 is 0 Å². The molecule has 0 N–H and O–H groups in total. The van der Waals surface area contributed by atoms with E-state index in [2.05, 4.69) is 24.3 Å². The first-order valence-corrected chi connectivity index (χ1v) is 8.63. The highest BCUT2D eigenvalue weighted by atomic mass is 35.5. The number of ether oxygens (including phenoxy) is 1. The molecule has 0 heterocycles. The number of carbonyl (C=O) groups is 1. The van der Waals surface area contributed by atoms with E-state index in [1.54, 1.807) is 0 Å². The van der Waals surface area contributed by atoms with E-state index in [0.717, 1.165) is 5.57 Å². The van der Waals surface area contributed by atoms with Crippen LogP contribution in [0.25, 0.3) is 0 Å². The molecular formula is C20H16Cl2O2. The van der Waals surface area contributed by atoms with Crippen LogP contribution >= 0.6 is 23.2 Å². The lowest BCUT2D eigenvalue weighted by atomic mass is 9.55. The summed E-state index contributed by atoms with van der Waals surface area (Å²) < 4.78 is 6.01. The van der Waals surface area contributed by atoms with Crippen LogP contribution in [-0.2, 0) is 9.53 Å². The number of benzene rings is 2. The Labute approximate surface area is 151 Å². The highest BCUT2D eigenvalue weighted by molar-refractivity contribution is 6.56. The highest BCUT2D eigenvalue weighted by Crippen LogP contribution is 2.62. The number of fused-ring (bicyclic) bond motifs is 1. The quantitative estimate of drug-likeness (QED) is 0.647. The molecule has 0 radical (unpaired) electrons. The summed E-state index contributed by atoms with van der Waals surface area (Å²) in [5, 5.41) is 0. The van der Waals surface area contributed by atoms with Crippen LogP contribution in [0.15, 0.2) is 58.6 Å². The van der Waals surface area contributed by atoms with Crippen LogP contribution in [0.4, 0.5) is 0 Å². The van der Waals surface area contributed by atoms with E-state index in [1.807, 2.05) is 31.2 Å². The van der Waals surface area contributed by atoms with Gasteiger partial charge >= 0.3 is 5.97 Å². The van der Waals surface area contributed by atoms with Crippen LogP contribution in [0, 0.1) is 0 Å². The van der Waals surface area contributed by atoms with Gasteiger partial charge in [0.2, 0.25) is 0 Å². The fourth-order valence-corrected chi connectivity index (χ4v) is 5.06. The molecule has 0 fully saturated rings. The predicted octanol–water partition coefficient (Wildman–Crippen LogP) is 5.29. The van der Waals surface area contributed by atoms with Crippen molar-refractivity contribution in [3.8, 4) is 0 Å². The summed E-state index contributed by atoms with van der Waals surface area (Å²) >= 11 is 12.6. The fraction of sp³-hybridized carbons (Fsp3) is 0.250. The lowest BCUT2D eigenvalue weighted by Gasteiger charge is -2.52. The Kier molecular flexibility index (Phi) is 3.52. The van der Waals surface area contributed by atoms with E-state index in [1.165, 1.54) is 29.2 Å². The molecule has 2 nitrogen and oxygen atoms in total. The average Bonchev–Trinajstić information content (AvgIpc) is 2.53. The summed E-state index contributed by atoms with van der Waals surface area (Å²) in [7, 11) is 0. The minimum atomic E-state index is -0.891. The Bertz CT molecular complexity index is 835. The fourth-order valence-electron chi connectivity index (χ4n) is 4.46. The Morgan fingerprint density at radius 1 is 0.958 bits per heavy atom. The molecule has 0 aliphatic heterocycles. The first-order chi connectivity index (χ1) is 11.4. The van der Waals surface area contributed by atoms with Crippen molar-refractivity contribution >= 4 is 29.2 Å². The van der Waals surface area contributed by atoms with Crippen molar-refractivity contribution < 1.29 is 9.53 Å². The van der Waals surface area contributed by atoms with E-state index in [4.69, 9.17) is 27.9 Å². The van der Waals surface area contributed by atoms with Crippen LogP contribution in [0.1, 0.15) is 47.9 Å². The molecule has 4 heteroatoms. The number of hydrogen-bond donors (Lipinski definition) is 0. The molecule has 122 valence electrons. The van der Waals surface area contributed by atoms with E-state index in [0.29, 0.717) is 0 Å². The van der Waals surface area contributed by atoms with Crippen molar-refractivity contribution in [1.82, 2.24) is 0 Å². The van der Waals surface area contributed by atoms with Gasteiger partial charge in [0.1, 0.15) is 10.1 Å². The smallest absolute Gasteiger partial charge is 0.303 e. The zero-order valence-corrected chi connectivity index (χ0v) is 14.9.